The number of hydrogen-bond donors (Lipinski definition) is 2. The van der Waals surface area contributed by atoms with Gasteiger partial charge in [-0.1, -0.05) is 29.8 Å². The number of benzene rings is 1. The van der Waals surface area contributed by atoms with Crippen LogP contribution in [0.25, 0.3) is 0 Å². The van der Waals surface area contributed by atoms with Gasteiger partial charge in [-0.25, -0.2) is 4.79 Å². The fourth-order valence-electron chi connectivity index (χ4n) is 3.25. The van der Waals surface area contributed by atoms with Crippen molar-refractivity contribution in [2.24, 2.45) is 0 Å². The van der Waals surface area contributed by atoms with E-state index in [-0.39, 0.29) is 12.0 Å². The van der Waals surface area contributed by atoms with Crippen molar-refractivity contribution in [3.05, 3.63) is 51.4 Å². The normalized spacial score (nSPS) is 14.3. The van der Waals surface area contributed by atoms with E-state index in [9.17, 15) is 4.79 Å². The predicted molar refractivity (Wildman–Crippen MR) is 111 cm³/mol. The maximum atomic E-state index is 12.3. The van der Waals surface area contributed by atoms with Gasteiger partial charge in [0.2, 0.25) is 0 Å². The van der Waals surface area contributed by atoms with Gasteiger partial charge in [0.05, 0.1) is 18.7 Å². The molecule has 26 heavy (non-hydrogen) atoms. The number of thiocarbonyl (C=S) groups is 1. The van der Waals surface area contributed by atoms with Crippen molar-refractivity contribution in [1.29, 1.82) is 0 Å². The number of hydrogen-bond acceptors (Lipinski definition) is 4. The molecule has 2 N–H and O–H groups in total. The lowest BCUT2D eigenvalue weighted by molar-refractivity contribution is 0.0601. The Morgan fingerprint density at radius 3 is 2.62 bits per heavy atom. The molecule has 138 valence electrons. The molecule has 0 unspecified atom stereocenters. The van der Waals surface area contributed by atoms with Crippen molar-refractivity contribution >= 4 is 39.6 Å². The molecule has 6 heteroatoms. The van der Waals surface area contributed by atoms with Crippen LogP contribution in [0.3, 0.4) is 0 Å². The third kappa shape index (κ3) is 4.07. The number of anilines is 1. The van der Waals surface area contributed by atoms with Gasteiger partial charge in [0.25, 0.3) is 0 Å². The standard InChI is InChI=1S/C20H24N2O2S2/c1-12-8-10-14(11-9-12)13(2)21-20(25)22-18-17(19(23)24-3)15-6-4-5-7-16(15)26-18/h8-11,13H,4-7H2,1-3H3,(H2,21,22,25)/t13-/m0/s1. The van der Waals surface area contributed by atoms with Crippen LogP contribution in [0.4, 0.5) is 5.00 Å². The van der Waals surface area contributed by atoms with E-state index in [1.54, 1.807) is 11.3 Å². The minimum absolute atomic E-state index is 0.0757. The molecule has 2 aromatic rings. The lowest BCUT2D eigenvalue weighted by Crippen LogP contribution is -2.31. The second-order valence-electron chi connectivity index (χ2n) is 6.64. The first-order valence-corrected chi connectivity index (χ1v) is 10.1. The largest absolute Gasteiger partial charge is 0.465 e. The molecule has 0 radical (unpaired) electrons. The summed E-state index contributed by atoms with van der Waals surface area (Å²) in [6.45, 7) is 4.14. The zero-order valence-electron chi connectivity index (χ0n) is 15.3. The molecule has 1 aromatic heterocycles. The van der Waals surface area contributed by atoms with E-state index >= 15 is 0 Å². The first-order valence-electron chi connectivity index (χ1n) is 8.86. The van der Waals surface area contributed by atoms with Gasteiger partial charge in [-0.05, 0) is 62.9 Å². The number of rotatable bonds is 4. The molecular weight excluding hydrogens is 364 g/mol. The third-order valence-corrected chi connectivity index (χ3v) is 6.14. The van der Waals surface area contributed by atoms with Gasteiger partial charge in [0.15, 0.2) is 5.11 Å². The van der Waals surface area contributed by atoms with E-state index < -0.39 is 0 Å². The van der Waals surface area contributed by atoms with Gasteiger partial charge in [-0.2, -0.15) is 0 Å². The van der Waals surface area contributed by atoms with E-state index in [0.29, 0.717) is 10.7 Å². The second-order valence-corrected chi connectivity index (χ2v) is 8.15. The van der Waals surface area contributed by atoms with Crippen molar-refractivity contribution in [2.75, 3.05) is 12.4 Å². The van der Waals surface area contributed by atoms with Gasteiger partial charge in [-0.15, -0.1) is 11.3 Å². The highest BCUT2D eigenvalue weighted by Crippen LogP contribution is 2.38. The topological polar surface area (TPSA) is 50.4 Å². The van der Waals surface area contributed by atoms with E-state index in [0.717, 1.165) is 29.8 Å². The van der Waals surface area contributed by atoms with Crippen LogP contribution in [0, 0.1) is 6.92 Å². The highest BCUT2D eigenvalue weighted by atomic mass is 32.1. The van der Waals surface area contributed by atoms with Gasteiger partial charge in [0, 0.05) is 4.88 Å². The highest BCUT2D eigenvalue weighted by molar-refractivity contribution is 7.80. The molecule has 0 saturated heterocycles. The predicted octanol–water partition coefficient (Wildman–Crippen LogP) is 4.77. The molecule has 4 nitrogen and oxygen atoms in total. The summed E-state index contributed by atoms with van der Waals surface area (Å²) in [6, 6.07) is 8.45. The van der Waals surface area contributed by atoms with Crippen LogP contribution < -0.4 is 10.6 Å². The van der Waals surface area contributed by atoms with Crippen LogP contribution in [0.15, 0.2) is 24.3 Å². The van der Waals surface area contributed by atoms with Crippen molar-refractivity contribution in [2.45, 2.75) is 45.6 Å². The summed E-state index contributed by atoms with van der Waals surface area (Å²) in [4.78, 5) is 13.6. The molecular formula is C20H24N2O2S2. The zero-order chi connectivity index (χ0) is 18.7. The number of aryl methyl sites for hydroxylation is 2. The number of thiophene rings is 1. The summed E-state index contributed by atoms with van der Waals surface area (Å²) in [7, 11) is 1.43. The SMILES string of the molecule is COC(=O)c1c(NC(=S)N[C@@H](C)c2ccc(C)cc2)sc2c1CCCC2. The number of ether oxygens (including phenoxy) is 1. The molecule has 0 aliphatic heterocycles. The lowest BCUT2D eigenvalue weighted by Gasteiger charge is -2.17. The van der Waals surface area contributed by atoms with Crippen LogP contribution in [-0.2, 0) is 17.6 Å². The zero-order valence-corrected chi connectivity index (χ0v) is 17.0. The Morgan fingerprint density at radius 2 is 1.92 bits per heavy atom. The first-order chi connectivity index (χ1) is 12.5. The van der Waals surface area contributed by atoms with Gasteiger partial charge >= 0.3 is 5.97 Å². The first kappa shape index (κ1) is 18.9. The summed E-state index contributed by atoms with van der Waals surface area (Å²) in [5.74, 6) is -0.290. The fourth-order valence-corrected chi connectivity index (χ4v) is 4.87. The second kappa shape index (κ2) is 8.18. The third-order valence-electron chi connectivity index (χ3n) is 4.71. The molecule has 1 atom stereocenters. The monoisotopic (exact) mass is 388 g/mol. The van der Waals surface area contributed by atoms with Crippen molar-refractivity contribution < 1.29 is 9.53 Å². The van der Waals surface area contributed by atoms with Crippen LogP contribution >= 0.6 is 23.6 Å². The molecule has 1 aliphatic carbocycles. The lowest BCUT2D eigenvalue weighted by atomic mass is 9.95. The average molecular weight is 389 g/mol. The summed E-state index contributed by atoms with van der Waals surface area (Å²) in [6.07, 6.45) is 4.23. The number of carbonyl (C=O) groups is 1. The van der Waals surface area contributed by atoms with Crippen LogP contribution in [-0.4, -0.2) is 18.2 Å². The molecule has 3 rings (SSSR count). The van der Waals surface area contributed by atoms with E-state index in [2.05, 4.69) is 48.7 Å². The Kier molecular flexibility index (Phi) is 5.94. The molecule has 0 spiro atoms. The fraction of sp³-hybridized carbons (Fsp3) is 0.400. The van der Waals surface area contributed by atoms with Crippen LogP contribution in [0.1, 0.15) is 57.7 Å². The molecule has 1 aliphatic rings. The number of nitrogens with one attached hydrogen (secondary N) is 2. The van der Waals surface area contributed by atoms with Crippen molar-refractivity contribution in [3.63, 3.8) is 0 Å². The summed E-state index contributed by atoms with van der Waals surface area (Å²) in [5, 5.41) is 7.84. The van der Waals surface area contributed by atoms with Gasteiger partial charge in [-0.3, -0.25) is 0 Å². The van der Waals surface area contributed by atoms with Crippen LogP contribution in [0.5, 0.6) is 0 Å². The Morgan fingerprint density at radius 1 is 1.23 bits per heavy atom. The molecule has 0 saturated carbocycles. The molecule has 0 bridgehead atoms. The van der Waals surface area contributed by atoms with Crippen molar-refractivity contribution in [3.8, 4) is 0 Å². The highest BCUT2D eigenvalue weighted by Gasteiger charge is 2.26. The number of esters is 1. The Balaban J connectivity index is 1.75. The van der Waals surface area contributed by atoms with Crippen molar-refractivity contribution in [1.82, 2.24) is 5.32 Å². The van der Waals surface area contributed by atoms with E-state index in [1.807, 2.05) is 0 Å². The van der Waals surface area contributed by atoms with E-state index in [1.165, 1.54) is 29.5 Å². The molecule has 1 heterocycles. The molecule has 0 amide bonds. The number of methoxy groups -OCH3 is 1. The smallest absolute Gasteiger partial charge is 0.341 e. The quantitative estimate of drug-likeness (QED) is 0.584. The minimum Gasteiger partial charge on any atom is -0.465 e. The maximum Gasteiger partial charge on any atom is 0.341 e. The summed E-state index contributed by atoms with van der Waals surface area (Å²) in [5.41, 5.74) is 4.18. The average Bonchev–Trinajstić information content (AvgIpc) is 2.99. The molecule has 1 aromatic carbocycles. The van der Waals surface area contributed by atoms with Crippen LogP contribution in [0.2, 0.25) is 0 Å². The summed E-state index contributed by atoms with van der Waals surface area (Å²) < 4.78 is 5.01. The minimum atomic E-state index is -0.290. The number of carbonyl (C=O) groups excluding carboxylic acids is 1. The number of fused-ring (bicyclic) bond motifs is 1. The van der Waals surface area contributed by atoms with E-state index in [4.69, 9.17) is 17.0 Å². The summed E-state index contributed by atoms with van der Waals surface area (Å²) >= 11 is 7.11. The Hall–Kier alpha value is -1.92. The molecule has 0 fully saturated rings. The van der Waals surface area contributed by atoms with Gasteiger partial charge in [0.1, 0.15) is 5.00 Å². The Bertz CT molecular complexity index is 812. The maximum absolute atomic E-state index is 12.3. The van der Waals surface area contributed by atoms with Gasteiger partial charge < -0.3 is 15.4 Å². The Labute approximate surface area is 164 Å².